The molecule has 0 aliphatic rings. The fourth-order valence-corrected chi connectivity index (χ4v) is 4.10. The second-order valence-corrected chi connectivity index (χ2v) is 9.18. The SMILES string of the molecule is Cc1cc(NS(C)(=O)=O)ccc1Nc1c2ccccc2nc2c(C)c(C)ccc12. The summed E-state index contributed by atoms with van der Waals surface area (Å²) in [6.07, 6.45) is 1.15. The molecule has 3 aromatic carbocycles. The van der Waals surface area contributed by atoms with E-state index in [0.717, 1.165) is 45.0 Å². The van der Waals surface area contributed by atoms with Gasteiger partial charge < -0.3 is 5.32 Å². The summed E-state index contributed by atoms with van der Waals surface area (Å²) >= 11 is 0. The van der Waals surface area contributed by atoms with Crippen molar-refractivity contribution in [2.75, 3.05) is 16.3 Å². The van der Waals surface area contributed by atoms with E-state index in [1.807, 2.05) is 37.3 Å². The second-order valence-electron chi connectivity index (χ2n) is 7.44. The maximum Gasteiger partial charge on any atom is 0.229 e. The molecule has 6 heteroatoms. The van der Waals surface area contributed by atoms with E-state index < -0.39 is 10.0 Å². The Labute approximate surface area is 170 Å². The highest BCUT2D eigenvalue weighted by Crippen LogP contribution is 2.36. The van der Waals surface area contributed by atoms with E-state index in [-0.39, 0.29) is 0 Å². The predicted molar refractivity (Wildman–Crippen MR) is 122 cm³/mol. The van der Waals surface area contributed by atoms with Gasteiger partial charge in [0.15, 0.2) is 0 Å². The third-order valence-electron chi connectivity index (χ3n) is 5.17. The van der Waals surface area contributed by atoms with Crippen LogP contribution in [0.25, 0.3) is 21.8 Å². The number of aromatic nitrogens is 1. The Balaban J connectivity index is 1.88. The molecular formula is C23H23N3O2S. The van der Waals surface area contributed by atoms with E-state index in [9.17, 15) is 8.42 Å². The first-order chi connectivity index (χ1) is 13.7. The van der Waals surface area contributed by atoms with Gasteiger partial charge in [0.05, 0.1) is 23.0 Å². The number of hydrogen-bond donors (Lipinski definition) is 2. The van der Waals surface area contributed by atoms with Crippen molar-refractivity contribution < 1.29 is 8.42 Å². The lowest BCUT2D eigenvalue weighted by atomic mass is 10.0. The monoisotopic (exact) mass is 405 g/mol. The van der Waals surface area contributed by atoms with E-state index in [2.05, 4.69) is 42.1 Å². The van der Waals surface area contributed by atoms with Crippen LogP contribution in [-0.2, 0) is 10.0 Å². The highest BCUT2D eigenvalue weighted by molar-refractivity contribution is 7.92. The van der Waals surface area contributed by atoms with Crippen LogP contribution in [0.15, 0.2) is 54.6 Å². The average molecular weight is 406 g/mol. The van der Waals surface area contributed by atoms with Crippen molar-refractivity contribution in [2.24, 2.45) is 0 Å². The number of rotatable bonds is 4. The Morgan fingerprint density at radius 2 is 1.62 bits per heavy atom. The molecule has 0 unspecified atom stereocenters. The second kappa shape index (κ2) is 7.04. The van der Waals surface area contributed by atoms with Crippen LogP contribution >= 0.6 is 0 Å². The van der Waals surface area contributed by atoms with Crippen molar-refractivity contribution >= 4 is 48.9 Å². The minimum atomic E-state index is -3.31. The van der Waals surface area contributed by atoms with Crippen molar-refractivity contribution in [1.29, 1.82) is 0 Å². The summed E-state index contributed by atoms with van der Waals surface area (Å²) in [5.74, 6) is 0. The molecule has 0 spiro atoms. The first-order valence-electron chi connectivity index (χ1n) is 9.37. The van der Waals surface area contributed by atoms with Gasteiger partial charge in [0, 0.05) is 22.1 Å². The molecule has 0 aliphatic carbocycles. The fourth-order valence-electron chi connectivity index (χ4n) is 3.55. The number of benzene rings is 3. The highest BCUT2D eigenvalue weighted by atomic mass is 32.2. The highest BCUT2D eigenvalue weighted by Gasteiger charge is 2.13. The summed E-state index contributed by atoms with van der Waals surface area (Å²) in [5, 5.41) is 5.68. The smallest absolute Gasteiger partial charge is 0.229 e. The fraction of sp³-hybridized carbons (Fsp3) is 0.174. The maximum absolute atomic E-state index is 11.5. The molecule has 0 radical (unpaired) electrons. The molecule has 0 saturated heterocycles. The van der Waals surface area contributed by atoms with Crippen LogP contribution in [0.1, 0.15) is 16.7 Å². The number of anilines is 3. The molecule has 0 aliphatic heterocycles. The van der Waals surface area contributed by atoms with Crippen LogP contribution in [-0.4, -0.2) is 19.7 Å². The molecule has 1 heterocycles. The van der Waals surface area contributed by atoms with Crippen molar-refractivity contribution in [3.63, 3.8) is 0 Å². The zero-order valence-corrected chi connectivity index (χ0v) is 17.7. The van der Waals surface area contributed by atoms with Gasteiger partial charge in [-0.05, 0) is 61.7 Å². The Bertz CT molecular complexity index is 1360. The Morgan fingerprint density at radius 3 is 2.34 bits per heavy atom. The van der Waals surface area contributed by atoms with Crippen LogP contribution in [0.2, 0.25) is 0 Å². The van der Waals surface area contributed by atoms with Gasteiger partial charge in [-0.2, -0.15) is 0 Å². The molecule has 0 fully saturated rings. The molecule has 148 valence electrons. The van der Waals surface area contributed by atoms with Crippen LogP contribution in [0.3, 0.4) is 0 Å². The summed E-state index contributed by atoms with van der Waals surface area (Å²) in [7, 11) is -3.31. The minimum Gasteiger partial charge on any atom is -0.354 e. The normalized spacial score (nSPS) is 11.7. The topological polar surface area (TPSA) is 71.1 Å². The lowest BCUT2D eigenvalue weighted by molar-refractivity contribution is 0.607. The molecule has 5 nitrogen and oxygen atoms in total. The third kappa shape index (κ3) is 3.76. The minimum absolute atomic E-state index is 0.548. The summed E-state index contributed by atoms with van der Waals surface area (Å²) in [4.78, 5) is 4.90. The molecule has 29 heavy (non-hydrogen) atoms. The van der Waals surface area contributed by atoms with Crippen LogP contribution < -0.4 is 10.0 Å². The molecule has 0 bridgehead atoms. The van der Waals surface area contributed by atoms with E-state index >= 15 is 0 Å². The molecule has 0 saturated carbocycles. The van der Waals surface area contributed by atoms with E-state index in [0.29, 0.717) is 5.69 Å². The van der Waals surface area contributed by atoms with E-state index in [1.165, 1.54) is 11.1 Å². The zero-order valence-electron chi connectivity index (χ0n) is 16.9. The van der Waals surface area contributed by atoms with Crippen molar-refractivity contribution in [3.8, 4) is 0 Å². The average Bonchev–Trinajstić information content (AvgIpc) is 2.65. The van der Waals surface area contributed by atoms with Crippen molar-refractivity contribution in [3.05, 3.63) is 71.3 Å². The molecular weight excluding hydrogens is 382 g/mol. The van der Waals surface area contributed by atoms with Gasteiger partial charge in [-0.3, -0.25) is 4.72 Å². The van der Waals surface area contributed by atoms with Crippen molar-refractivity contribution in [2.45, 2.75) is 20.8 Å². The largest absolute Gasteiger partial charge is 0.354 e. The van der Waals surface area contributed by atoms with E-state index in [4.69, 9.17) is 4.98 Å². The maximum atomic E-state index is 11.5. The Hall–Kier alpha value is -3.12. The van der Waals surface area contributed by atoms with E-state index in [1.54, 1.807) is 6.07 Å². The lowest BCUT2D eigenvalue weighted by Crippen LogP contribution is -2.09. The predicted octanol–water partition coefficient (Wildman–Crippen LogP) is 5.43. The number of fused-ring (bicyclic) bond motifs is 2. The lowest BCUT2D eigenvalue weighted by Gasteiger charge is -2.17. The Morgan fingerprint density at radius 1 is 0.862 bits per heavy atom. The molecule has 0 atom stereocenters. The van der Waals surface area contributed by atoms with Gasteiger partial charge >= 0.3 is 0 Å². The van der Waals surface area contributed by atoms with Gasteiger partial charge in [-0.25, -0.2) is 13.4 Å². The summed E-state index contributed by atoms with van der Waals surface area (Å²) in [6, 6.07) is 17.8. The van der Waals surface area contributed by atoms with Gasteiger partial charge in [0.2, 0.25) is 10.0 Å². The molecule has 2 N–H and O–H groups in total. The summed E-state index contributed by atoms with van der Waals surface area (Å²) < 4.78 is 25.5. The molecule has 4 rings (SSSR count). The Kier molecular flexibility index (Phi) is 4.67. The van der Waals surface area contributed by atoms with Crippen molar-refractivity contribution in [1.82, 2.24) is 4.98 Å². The van der Waals surface area contributed by atoms with Gasteiger partial charge in [0.25, 0.3) is 0 Å². The van der Waals surface area contributed by atoms with Crippen LogP contribution in [0.4, 0.5) is 17.1 Å². The molecule has 0 amide bonds. The van der Waals surface area contributed by atoms with Crippen LogP contribution in [0.5, 0.6) is 0 Å². The third-order valence-corrected chi connectivity index (χ3v) is 5.77. The number of sulfonamides is 1. The first-order valence-corrected chi connectivity index (χ1v) is 11.3. The number of nitrogens with one attached hydrogen (secondary N) is 2. The van der Waals surface area contributed by atoms with Gasteiger partial charge in [0.1, 0.15) is 0 Å². The summed E-state index contributed by atoms with van der Waals surface area (Å²) in [5.41, 5.74) is 7.70. The van der Waals surface area contributed by atoms with Gasteiger partial charge in [-0.15, -0.1) is 0 Å². The standard InChI is InChI=1S/C23H23N3O2S/c1-14-9-11-19-22(16(14)3)25-21-8-6-5-7-18(21)23(19)24-20-12-10-17(13-15(20)2)26-29(4,27)28/h5-13,26H,1-4H3,(H,24,25). The molecule has 1 aromatic heterocycles. The number of aryl methyl sites for hydroxylation is 3. The van der Waals surface area contributed by atoms with Gasteiger partial charge in [-0.1, -0.05) is 30.3 Å². The zero-order chi connectivity index (χ0) is 20.8. The number of para-hydroxylation sites is 1. The van der Waals surface area contributed by atoms with Crippen LogP contribution in [0, 0.1) is 20.8 Å². The number of nitrogens with zero attached hydrogens (tertiary/aromatic N) is 1. The number of hydrogen-bond acceptors (Lipinski definition) is 4. The summed E-state index contributed by atoms with van der Waals surface area (Å²) in [6.45, 7) is 6.15. The number of pyridine rings is 1. The molecule has 4 aromatic rings. The quantitative estimate of drug-likeness (QED) is 0.444. The first kappa shape index (κ1) is 19.2.